The number of nitrogen functional groups attached to an aromatic ring is 1. The molecular weight excluding hydrogens is 578 g/mol. The van der Waals surface area contributed by atoms with Gasteiger partial charge < -0.3 is 19.5 Å². The van der Waals surface area contributed by atoms with E-state index in [9.17, 15) is 5.26 Å². The van der Waals surface area contributed by atoms with Crippen LogP contribution in [0.25, 0.3) is 5.69 Å². The Labute approximate surface area is 246 Å². The minimum Gasteiger partial charge on any atom is -0.405 e. The number of hydrogen-bond donors (Lipinski definition) is 1. The lowest BCUT2D eigenvalue weighted by Crippen LogP contribution is -2.67. The lowest BCUT2D eigenvalue weighted by molar-refractivity contribution is -0.0231. The molecule has 7 heteroatoms. The topological polar surface area (TPSA) is 73.2 Å². The Kier molecular flexibility index (Phi) is 8.34. The predicted octanol–water partition coefficient (Wildman–Crippen LogP) is 6.53. The van der Waals surface area contributed by atoms with Crippen molar-refractivity contribution in [2.24, 2.45) is 0 Å². The first kappa shape index (κ1) is 28.4. The molecule has 1 fully saturated rings. The third kappa shape index (κ3) is 5.42. The van der Waals surface area contributed by atoms with Gasteiger partial charge in [0, 0.05) is 22.3 Å². The highest BCUT2D eigenvalue weighted by Gasteiger charge is 2.50. The molecule has 3 aromatic carbocycles. The fraction of sp³-hybridized carbons (Fsp3) is 0.303. The molecule has 1 saturated heterocycles. The van der Waals surface area contributed by atoms with Crippen molar-refractivity contribution >= 4 is 40.3 Å². The first-order valence-electron chi connectivity index (χ1n) is 13.8. The molecule has 5 nitrogen and oxygen atoms in total. The standard InChI is InChI=1S/C33H36BrN3O2Si/c1-33(2,3)40(28-10-6-4-7-11-28,29-12-8-5-9-13-29)39-23-27-19-14-24(22-38-27)30-21-37(31(20-35)32(30)36)26-17-15-25(34)16-18-26/h4-13,15-18,21,24,27H,14,19,22-23,36H2,1-3H3. The Balaban J connectivity index is 1.35. The van der Waals surface area contributed by atoms with Gasteiger partial charge in [0.2, 0.25) is 0 Å². The van der Waals surface area contributed by atoms with Gasteiger partial charge in [0.1, 0.15) is 11.8 Å². The zero-order valence-electron chi connectivity index (χ0n) is 23.3. The highest BCUT2D eigenvalue weighted by atomic mass is 79.9. The van der Waals surface area contributed by atoms with E-state index in [2.05, 4.69) is 103 Å². The maximum atomic E-state index is 9.86. The van der Waals surface area contributed by atoms with Gasteiger partial charge in [-0.25, -0.2) is 0 Å². The first-order chi connectivity index (χ1) is 19.2. The fourth-order valence-corrected chi connectivity index (χ4v) is 10.8. The van der Waals surface area contributed by atoms with Crippen LogP contribution in [0.1, 0.15) is 50.8 Å². The minimum absolute atomic E-state index is 0.00289. The van der Waals surface area contributed by atoms with Crippen molar-refractivity contribution in [3.63, 3.8) is 0 Å². The van der Waals surface area contributed by atoms with E-state index in [1.165, 1.54) is 10.4 Å². The van der Waals surface area contributed by atoms with Gasteiger partial charge >= 0.3 is 0 Å². The molecule has 0 spiro atoms. The van der Waals surface area contributed by atoms with E-state index in [4.69, 9.17) is 14.9 Å². The molecule has 2 heterocycles. The summed E-state index contributed by atoms with van der Waals surface area (Å²) < 4.78 is 16.4. The Morgan fingerprint density at radius 1 is 0.975 bits per heavy atom. The number of nitrogens with zero attached hydrogens (tertiary/aromatic N) is 2. The van der Waals surface area contributed by atoms with Crippen LogP contribution >= 0.6 is 15.9 Å². The molecule has 1 aliphatic rings. The lowest BCUT2D eigenvalue weighted by atomic mass is 9.92. The monoisotopic (exact) mass is 613 g/mol. The Morgan fingerprint density at radius 2 is 1.57 bits per heavy atom. The summed E-state index contributed by atoms with van der Waals surface area (Å²) in [5.41, 5.74) is 9.41. The first-order valence-corrected chi connectivity index (χ1v) is 16.5. The van der Waals surface area contributed by atoms with Crippen molar-refractivity contribution in [2.45, 2.75) is 50.7 Å². The number of aromatic nitrogens is 1. The second-order valence-corrected chi connectivity index (χ2v) is 16.7. The largest absolute Gasteiger partial charge is 0.405 e. The molecular formula is C33H36BrN3O2Si. The summed E-state index contributed by atoms with van der Waals surface area (Å²) in [6.07, 6.45) is 3.80. The summed E-state index contributed by atoms with van der Waals surface area (Å²) in [6.45, 7) is 7.97. The number of rotatable bonds is 7. The number of benzene rings is 3. The van der Waals surface area contributed by atoms with Crippen molar-refractivity contribution in [1.82, 2.24) is 4.57 Å². The third-order valence-corrected chi connectivity index (χ3v) is 13.5. The number of nitriles is 1. The van der Waals surface area contributed by atoms with Crippen LogP contribution in [0, 0.1) is 11.3 Å². The summed E-state index contributed by atoms with van der Waals surface area (Å²) in [4.78, 5) is 0. The molecule has 0 radical (unpaired) electrons. The maximum Gasteiger partial charge on any atom is 0.261 e. The molecule has 2 N–H and O–H groups in total. The van der Waals surface area contributed by atoms with Gasteiger partial charge in [-0.15, -0.1) is 0 Å². The van der Waals surface area contributed by atoms with Crippen molar-refractivity contribution in [1.29, 1.82) is 5.26 Å². The molecule has 2 unspecified atom stereocenters. The number of ether oxygens (including phenoxy) is 1. The lowest BCUT2D eigenvalue weighted by Gasteiger charge is -2.44. The van der Waals surface area contributed by atoms with Crippen molar-refractivity contribution in [2.75, 3.05) is 18.9 Å². The molecule has 2 atom stereocenters. The zero-order valence-corrected chi connectivity index (χ0v) is 25.9. The fourth-order valence-electron chi connectivity index (χ4n) is 5.95. The van der Waals surface area contributed by atoms with Crippen molar-refractivity contribution in [3.05, 3.63) is 107 Å². The quantitative estimate of drug-likeness (QED) is 0.240. The van der Waals surface area contributed by atoms with Gasteiger partial charge in [-0.1, -0.05) is 97.4 Å². The van der Waals surface area contributed by atoms with Gasteiger partial charge in [0.25, 0.3) is 8.32 Å². The molecule has 40 heavy (non-hydrogen) atoms. The summed E-state index contributed by atoms with van der Waals surface area (Å²) in [6, 6.07) is 31.6. The van der Waals surface area contributed by atoms with E-state index >= 15 is 0 Å². The number of halogens is 1. The smallest absolute Gasteiger partial charge is 0.261 e. The normalized spacial score (nSPS) is 17.9. The van der Waals surface area contributed by atoms with Gasteiger partial charge in [-0.2, -0.15) is 5.26 Å². The summed E-state index contributed by atoms with van der Waals surface area (Å²) in [5.74, 6) is 0.132. The van der Waals surface area contributed by atoms with Crippen molar-refractivity contribution < 1.29 is 9.16 Å². The van der Waals surface area contributed by atoms with E-state index in [0.29, 0.717) is 24.6 Å². The molecule has 1 aromatic heterocycles. The zero-order chi connectivity index (χ0) is 28.3. The molecule has 206 valence electrons. The molecule has 1 aliphatic heterocycles. The molecule has 0 aliphatic carbocycles. The molecule has 4 aromatic rings. The van der Waals surface area contributed by atoms with E-state index in [0.717, 1.165) is 28.6 Å². The molecule has 0 bridgehead atoms. The van der Waals surface area contributed by atoms with E-state index in [1.807, 2.05) is 35.0 Å². The SMILES string of the molecule is CC(C)(C)[Si](OCC1CCC(c2cn(-c3ccc(Br)cc3)c(C#N)c2N)CO1)(c1ccccc1)c1ccccc1. The van der Waals surface area contributed by atoms with Gasteiger partial charge in [0.05, 0.1) is 25.0 Å². The second-order valence-electron chi connectivity index (χ2n) is 11.5. The third-order valence-electron chi connectivity index (χ3n) is 8.00. The second kappa shape index (κ2) is 11.8. The minimum atomic E-state index is -2.62. The predicted molar refractivity (Wildman–Crippen MR) is 168 cm³/mol. The Hall–Kier alpha value is -3.15. The van der Waals surface area contributed by atoms with E-state index in [-0.39, 0.29) is 17.1 Å². The average molecular weight is 615 g/mol. The Bertz CT molecular complexity index is 1430. The summed E-state index contributed by atoms with van der Waals surface area (Å²) in [5, 5.41) is 12.3. The highest BCUT2D eigenvalue weighted by Crippen LogP contribution is 2.39. The van der Waals surface area contributed by atoms with Crippen molar-refractivity contribution in [3.8, 4) is 11.8 Å². The number of anilines is 1. The van der Waals surface area contributed by atoms with E-state index in [1.54, 1.807) is 0 Å². The van der Waals surface area contributed by atoms with Crippen LogP contribution in [0.2, 0.25) is 5.04 Å². The van der Waals surface area contributed by atoms with Gasteiger partial charge in [-0.3, -0.25) is 0 Å². The van der Waals surface area contributed by atoms with Crippen LogP contribution in [0.5, 0.6) is 0 Å². The van der Waals surface area contributed by atoms with Crippen LogP contribution in [0.15, 0.2) is 95.6 Å². The number of nitrogens with two attached hydrogens (primary N) is 1. The van der Waals surface area contributed by atoms with E-state index < -0.39 is 8.32 Å². The summed E-state index contributed by atoms with van der Waals surface area (Å²) >= 11 is 3.48. The maximum absolute atomic E-state index is 9.86. The van der Waals surface area contributed by atoms with Crippen LogP contribution in [0.4, 0.5) is 5.69 Å². The van der Waals surface area contributed by atoms with Gasteiger partial charge in [-0.05, 0) is 58.1 Å². The van der Waals surface area contributed by atoms with Crippen LogP contribution in [-0.4, -0.2) is 32.2 Å². The molecule has 5 rings (SSSR count). The summed E-state index contributed by atoms with van der Waals surface area (Å²) in [7, 11) is -2.62. The molecule has 0 amide bonds. The highest BCUT2D eigenvalue weighted by molar-refractivity contribution is 9.10. The Morgan fingerprint density at radius 3 is 2.08 bits per heavy atom. The number of hydrogen-bond acceptors (Lipinski definition) is 4. The van der Waals surface area contributed by atoms with Crippen LogP contribution in [0.3, 0.4) is 0 Å². The average Bonchev–Trinajstić information content (AvgIpc) is 3.30. The van der Waals surface area contributed by atoms with Crippen LogP contribution in [-0.2, 0) is 9.16 Å². The van der Waals surface area contributed by atoms with Crippen LogP contribution < -0.4 is 16.1 Å². The van der Waals surface area contributed by atoms with Gasteiger partial charge in [0.15, 0.2) is 0 Å². The molecule has 0 saturated carbocycles.